The van der Waals surface area contributed by atoms with Crippen LogP contribution in [0.3, 0.4) is 0 Å². The summed E-state index contributed by atoms with van der Waals surface area (Å²) in [7, 11) is 0. The molecule has 0 spiro atoms. The van der Waals surface area contributed by atoms with E-state index in [0.29, 0.717) is 0 Å². The number of pyridine rings is 2. The van der Waals surface area contributed by atoms with Crippen molar-refractivity contribution in [2.24, 2.45) is 0 Å². The van der Waals surface area contributed by atoms with Gasteiger partial charge in [-0.15, -0.1) is 0 Å². The number of aromatic nitrogens is 2. The second-order valence-electron chi connectivity index (χ2n) is 4.48. The molecule has 98 valence electrons. The maximum Gasteiger partial charge on any atom is 0.0702 e. The normalized spacial score (nSPS) is 10.4. The van der Waals surface area contributed by atoms with Gasteiger partial charge in [-0.1, -0.05) is 28.1 Å². The highest BCUT2D eigenvalue weighted by atomic mass is 79.9. The number of alkyl halides is 1. The van der Waals surface area contributed by atoms with Crippen LogP contribution in [0.5, 0.6) is 0 Å². The molecule has 0 aliphatic rings. The Morgan fingerprint density at radius 3 is 1.70 bits per heavy atom. The lowest BCUT2D eigenvalue weighted by molar-refractivity contribution is 1.29. The summed E-state index contributed by atoms with van der Waals surface area (Å²) in [6.45, 7) is 0. The molecule has 3 aromatic rings. The second-order valence-corrected chi connectivity index (χ2v) is 5.04. The van der Waals surface area contributed by atoms with Crippen LogP contribution >= 0.6 is 15.9 Å². The van der Waals surface area contributed by atoms with E-state index in [2.05, 4.69) is 44.1 Å². The summed E-state index contributed by atoms with van der Waals surface area (Å²) >= 11 is 3.53. The highest BCUT2D eigenvalue weighted by Crippen LogP contribution is 2.27. The summed E-state index contributed by atoms with van der Waals surface area (Å²) in [4.78, 5) is 8.85. The standard InChI is InChI=1S/C17H13BrN2/c18-12-13-9-14(16-5-1-3-7-19-16)11-15(10-13)17-6-2-4-8-20-17/h1-11H,12H2. The van der Waals surface area contributed by atoms with Gasteiger partial charge in [0.05, 0.1) is 11.4 Å². The van der Waals surface area contributed by atoms with Crippen LogP contribution in [0.4, 0.5) is 0 Å². The van der Waals surface area contributed by atoms with Crippen LogP contribution in [-0.2, 0) is 5.33 Å². The van der Waals surface area contributed by atoms with Crippen molar-refractivity contribution in [1.29, 1.82) is 0 Å². The number of benzene rings is 1. The zero-order valence-corrected chi connectivity index (χ0v) is 12.4. The van der Waals surface area contributed by atoms with Gasteiger partial charge >= 0.3 is 0 Å². The van der Waals surface area contributed by atoms with E-state index in [0.717, 1.165) is 27.8 Å². The summed E-state index contributed by atoms with van der Waals surface area (Å²) in [6.07, 6.45) is 3.63. The largest absolute Gasteiger partial charge is 0.256 e. The monoisotopic (exact) mass is 324 g/mol. The minimum atomic E-state index is 0.813. The number of halogens is 1. The molecule has 3 heteroatoms. The molecule has 0 bridgehead atoms. The smallest absolute Gasteiger partial charge is 0.0702 e. The Morgan fingerprint density at radius 1 is 0.750 bits per heavy atom. The second kappa shape index (κ2) is 5.97. The zero-order valence-electron chi connectivity index (χ0n) is 10.8. The molecule has 0 fully saturated rings. The van der Waals surface area contributed by atoms with Crippen LogP contribution in [-0.4, -0.2) is 9.97 Å². The molecule has 0 amide bonds. The van der Waals surface area contributed by atoms with E-state index >= 15 is 0 Å². The van der Waals surface area contributed by atoms with E-state index in [1.54, 1.807) is 0 Å². The molecule has 2 heterocycles. The van der Waals surface area contributed by atoms with Gasteiger partial charge in [0.25, 0.3) is 0 Å². The fourth-order valence-corrected chi connectivity index (χ4v) is 2.46. The Bertz CT molecular complexity index is 639. The molecule has 3 rings (SSSR count). The van der Waals surface area contributed by atoms with Gasteiger partial charge < -0.3 is 0 Å². The summed E-state index contributed by atoms with van der Waals surface area (Å²) in [5.74, 6) is 0. The van der Waals surface area contributed by atoms with Gasteiger partial charge in [0, 0.05) is 28.9 Å². The molecule has 0 N–H and O–H groups in total. The first-order valence-corrected chi connectivity index (χ1v) is 7.52. The van der Waals surface area contributed by atoms with E-state index in [1.165, 1.54) is 5.56 Å². The number of nitrogens with zero attached hydrogens (tertiary/aromatic N) is 2. The predicted molar refractivity (Wildman–Crippen MR) is 85.5 cm³/mol. The maximum atomic E-state index is 4.42. The highest BCUT2D eigenvalue weighted by Gasteiger charge is 2.06. The molecule has 0 atom stereocenters. The maximum absolute atomic E-state index is 4.42. The van der Waals surface area contributed by atoms with Crippen LogP contribution in [0.1, 0.15) is 5.56 Å². The average molecular weight is 325 g/mol. The van der Waals surface area contributed by atoms with Crippen molar-refractivity contribution in [3.05, 3.63) is 72.6 Å². The topological polar surface area (TPSA) is 25.8 Å². The van der Waals surface area contributed by atoms with E-state index < -0.39 is 0 Å². The minimum Gasteiger partial charge on any atom is -0.256 e. The van der Waals surface area contributed by atoms with Gasteiger partial charge in [0.2, 0.25) is 0 Å². The molecule has 0 radical (unpaired) electrons. The molecule has 0 unspecified atom stereocenters. The predicted octanol–water partition coefficient (Wildman–Crippen LogP) is 4.71. The van der Waals surface area contributed by atoms with Crippen LogP contribution in [0, 0.1) is 0 Å². The van der Waals surface area contributed by atoms with Crippen LogP contribution in [0.2, 0.25) is 0 Å². The third kappa shape index (κ3) is 2.78. The van der Waals surface area contributed by atoms with E-state index in [1.807, 2.05) is 48.8 Å². The van der Waals surface area contributed by atoms with Gasteiger partial charge in [0.1, 0.15) is 0 Å². The quantitative estimate of drug-likeness (QED) is 0.652. The third-order valence-electron chi connectivity index (χ3n) is 3.07. The molecular weight excluding hydrogens is 312 g/mol. The van der Waals surface area contributed by atoms with Crippen molar-refractivity contribution in [1.82, 2.24) is 9.97 Å². The van der Waals surface area contributed by atoms with Gasteiger partial charge in [-0.3, -0.25) is 9.97 Å². The summed E-state index contributed by atoms with van der Waals surface area (Å²) < 4.78 is 0. The number of hydrogen-bond donors (Lipinski definition) is 0. The highest BCUT2D eigenvalue weighted by molar-refractivity contribution is 9.08. The van der Waals surface area contributed by atoms with Crippen LogP contribution < -0.4 is 0 Å². The lowest BCUT2D eigenvalue weighted by Crippen LogP contribution is -1.89. The van der Waals surface area contributed by atoms with Gasteiger partial charge in [0.15, 0.2) is 0 Å². The Labute approximate surface area is 126 Å². The summed E-state index contributed by atoms with van der Waals surface area (Å²) in [6, 6.07) is 18.4. The SMILES string of the molecule is BrCc1cc(-c2ccccn2)cc(-c2ccccn2)c1. The van der Waals surface area contributed by atoms with E-state index in [-0.39, 0.29) is 0 Å². The van der Waals surface area contributed by atoms with Crippen molar-refractivity contribution in [3.63, 3.8) is 0 Å². The van der Waals surface area contributed by atoms with Crippen LogP contribution in [0.25, 0.3) is 22.5 Å². The van der Waals surface area contributed by atoms with Gasteiger partial charge in [-0.05, 0) is 48.0 Å². The van der Waals surface area contributed by atoms with Crippen LogP contribution in [0.15, 0.2) is 67.0 Å². The summed E-state index contributed by atoms with van der Waals surface area (Å²) in [5, 5.41) is 0.813. The first kappa shape index (κ1) is 13.0. The Morgan fingerprint density at radius 2 is 1.30 bits per heavy atom. The van der Waals surface area contributed by atoms with Crippen molar-refractivity contribution < 1.29 is 0 Å². The molecule has 0 saturated carbocycles. The lowest BCUT2D eigenvalue weighted by Gasteiger charge is -2.08. The molecular formula is C17H13BrN2. The molecule has 2 aromatic heterocycles. The minimum absolute atomic E-state index is 0.813. The number of rotatable bonds is 3. The average Bonchev–Trinajstić information content (AvgIpc) is 2.56. The van der Waals surface area contributed by atoms with Gasteiger partial charge in [-0.2, -0.15) is 0 Å². The van der Waals surface area contributed by atoms with E-state index in [4.69, 9.17) is 0 Å². The molecule has 1 aromatic carbocycles. The Hall–Kier alpha value is -2.00. The van der Waals surface area contributed by atoms with E-state index in [9.17, 15) is 0 Å². The fraction of sp³-hybridized carbons (Fsp3) is 0.0588. The zero-order chi connectivity index (χ0) is 13.8. The Kier molecular flexibility index (Phi) is 3.88. The van der Waals surface area contributed by atoms with Crippen molar-refractivity contribution >= 4 is 15.9 Å². The molecule has 0 aliphatic heterocycles. The summed E-state index contributed by atoms with van der Waals surface area (Å²) in [5.41, 5.74) is 5.40. The third-order valence-corrected chi connectivity index (χ3v) is 3.72. The first-order valence-electron chi connectivity index (χ1n) is 6.39. The molecule has 20 heavy (non-hydrogen) atoms. The molecule has 0 aliphatic carbocycles. The lowest BCUT2D eigenvalue weighted by atomic mass is 10.0. The Balaban J connectivity index is 2.13. The van der Waals surface area contributed by atoms with Crippen molar-refractivity contribution in [2.75, 3.05) is 0 Å². The molecule has 2 nitrogen and oxygen atoms in total. The van der Waals surface area contributed by atoms with Crippen molar-refractivity contribution in [2.45, 2.75) is 5.33 Å². The number of hydrogen-bond acceptors (Lipinski definition) is 2. The van der Waals surface area contributed by atoms with Gasteiger partial charge in [-0.25, -0.2) is 0 Å². The first-order chi connectivity index (χ1) is 9.86. The van der Waals surface area contributed by atoms with Crippen molar-refractivity contribution in [3.8, 4) is 22.5 Å². The fourth-order valence-electron chi connectivity index (χ4n) is 2.13. The molecule has 0 saturated heterocycles.